The second-order valence-electron chi connectivity index (χ2n) is 12.1. The van der Waals surface area contributed by atoms with E-state index >= 15 is 0 Å². The lowest BCUT2D eigenvalue weighted by atomic mass is 9.87. The Balaban J connectivity index is 1.77. The SMILES string of the molecule is CC(C)(CO)CCCCC1=CC(=O)C=C(c2ccccc2C2=CC(=O)C=C(CCCCC(C)(C)C(=O)O)S2=O)S1=O. The van der Waals surface area contributed by atoms with Gasteiger partial charge in [-0.1, -0.05) is 51.0 Å². The second-order valence-corrected chi connectivity index (χ2v) is 15.1. The van der Waals surface area contributed by atoms with Crippen molar-refractivity contribution >= 4 is 48.9 Å². The molecule has 2 aliphatic heterocycles. The lowest BCUT2D eigenvalue weighted by Gasteiger charge is -2.22. The number of aliphatic hydroxyl groups is 1. The maximum Gasteiger partial charge on any atom is 0.309 e. The number of rotatable bonds is 14. The van der Waals surface area contributed by atoms with Crippen LogP contribution in [0.15, 0.2) is 58.4 Å². The quantitative estimate of drug-likeness (QED) is 0.249. The molecule has 9 heteroatoms. The summed E-state index contributed by atoms with van der Waals surface area (Å²) in [5.74, 6) is -1.43. The highest BCUT2D eigenvalue weighted by molar-refractivity contribution is 7.99. The third kappa shape index (κ3) is 8.63. The number of benzene rings is 1. The average molecular weight is 601 g/mol. The van der Waals surface area contributed by atoms with Crippen molar-refractivity contribution in [3.63, 3.8) is 0 Å². The van der Waals surface area contributed by atoms with Gasteiger partial charge in [-0.25, -0.2) is 8.42 Å². The Bertz CT molecular complexity index is 1380. The maximum atomic E-state index is 13.6. The van der Waals surface area contributed by atoms with Crippen LogP contribution in [0.3, 0.4) is 0 Å². The number of aliphatic carboxylic acids is 1. The summed E-state index contributed by atoms with van der Waals surface area (Å²) in [5.41, 5.74) is -0.0502. The first-order valence-corrected chi connectivity index (χ1v) is 16.3. The third-order valence-corrected chi connectivity index (χ3v) is 10.6. The number of unbranched alkanes of at least 4 members (excludes halogenated alkanes) is 2. The number of allylic oxidation sites excluding steroid dienone is 6. The summed E-state index contributed by atoms with van der Waals surface area (Å²) in [6, 6.07) is 6.96. The summed E-state index contributed by atoms with van der Waals surface area (Å²) in [6.07, 6.45) is 10.4. The van der Waals surface area contributed by atoms with Gasteiger partial charge in [-0.2, -0.15) is 0 Å². The van der Waals surface area contributed by atoms with E-state index in [0.717, 1.165) is 19.3 Å². The van der Waals surface area contributed by atoms with Crippen LogP contribution in [-0.4, -0.2) is 42.8 Å². The minimum absolute atomic E-state index is 0.0866. The highest BCUT2D eigenvalue weighted by atomic mass is 32.2. The van der Waals surface area contributed by atoms with Gasteiger partial charge in [0, 0.05) is 28.6 Å². The minimum Gasteiger partial charge on any atom is -0.481 e. The van der Waals surface area contributed by atoms with Gasteiger partial charge in [-0.3, -0.25) is 14.4 Å². The number of carbonyl (C=O) groups is 3. The monoisotopic (exact) mass is 600 g/mol. The van der Waals surface area contributed by atoms with Crippen molar-refractivity contribution in [2.24, 2.45) is 10.8 Å². The van der Waals surface area contributed by atoms with Crippen LogP contribution in [0.25, 0.3) is 9.81 Å². The molecule has 0 radical (unpaired) electrons. The lowest BCUT2D eigenvalue weighted by Crippen LogP contribution is -2.23. The van der Waals surface area contributed by atoms with E-state index in [1.807, 2.05) is 13.8 Å². The molecule has 2 heterocycles. The molecular formula is C32H40O7S2. The Kier molecular flexibility index (Phi) is 11.1. The number of carboxylic acids is 1. The zero-order valence-electron chi connectivity index (χ0n) is 24.2. The van der Waals surface area contributed by atoms with E-state index in [1.54, 1.807) is 38.1 Å². The summed E-state index contributed by atoms with van der Waals surface area (Å²) in [5, 5.41) is 18.8. The van der Waals surface area contributed by atoms with Gasteiger partial charge in [0.15, 0.2) is 11.6 Å². The first kappa shape index (κ1) is 32.8. The van der Waals surface area contributed by atoms with Crippen molar-refractivity contribution in [3.8, 4) is 0 Å². The number of aliphatic hydroxyl groups excluding tert-OH is 1. The van der Waals surface area contributed by atoms with E-state index in [1.165, 1.54) is 24.3 Å². The highest BCUT2D eigenvalue weighted by Gasteiger charge is 2.29. The fourth-order valence-electron chi connectivity index (χ4n) is 4.71. The molecule has 2 N–H and O–H groups in total. The molecule has 0 saturated carbocycles. The summed E-state index contributed by atoms with van der Waals surface area (Å²) >= 11 is 0. The molecule has 0 aliphatic carbocycles. The molecule has 2 atom stereocenters. The van der Waals surface area contributed by atoms with Gasteiger partial charge < -0.3 is 10.2 Å². The lowest BCUT2D eigenvalue weighted by molar-refractivity contribution is -0.147. The molecular weight excluding hydrogens is 560 g/mol. The first-order valence-electron chi connectivity index (χ1n) is 14.0. The van der Waals surface area contributed by atoms with Gasteiger partial charge >= 0.3 is 5.97 Å². The molecule has 0 aromatic heterocycles. The van der Waals surface area contributed by atoms with Crippen LogP contribution >= 0.6 is 0 Å². The molecule has 3 rings (SSSR count). The molecule has 0 bridgehead atoms. The largest absolute Gasteiger partial charge is 0.481 e. The Morgan fingerprint density at radius 1 is 0.732 bits per heavy atom. The van der Waals surface area contributed by atoms with Gasteiger partial charge in [0.25, 0.3) is 0 Å². The van der Waals surface area contributed by atoms with Gasteiger partial charge in [-0.15, -0.1) is 0 Å². The van der Waals surface area contributed by atoms with Crippen LogP contribution < -0.4 is 0 Å². The molecule has 2 aliphatic rings. The predicted molar refractivity (Wildman–Crippen MR) is 164 cm³/mol. The van der Waals surface area contributed by atoms with E-state index in [0.29, 0.717) is 62.9 Å². The molecule has 0 fully saturated rings. The van der Waals surface area contributed by atoms with Crippen molar-refractivity contribution in [2.75, 3.05) is 6.61 Å². The minimum atomic E-state index is -1.64. The number of ketones is 2. The van der Waals surface area contributed by atoms with Crippen LogP contribution in [-0.2, 0) is 36.0 Å². The Labute approximate surface area is 247 Å². The van der Waals surface area contributed by atoms with Crippen LogP contribution in [0, 0.1) is 10.8 Å². The van der Waals surface area contributed by atoms with Crippen LogP contribution in [0.1, 0.15) is 90.2 Å². The summed E-state index contributed by atoms with van der Waals surface area (Å²) in [7, 11) is -3.24. The number of hydrogen-bond donors (Lipinski definition) is 2. The second kappa shape index (κ2) is 13.9. The summed E-state index contributed by atoms with van der Waals surface area (Å²) in [6.45, 7) is 7.40. The normalized spacial score (nSPS) is 19.8. The van der Waals surface area contributed by atoms with Crippen molar-refractivity contribution in [3.05, 3.63) is 69.5 Å². The van der Waals surface area contributed by atoms with Crippen molar-refractivity contribution in [1.82, 2.24) is 0 Å². The third-order valence-electron chi connectivity index (χ3n) is 7.50. The van der Waals surface area contributed by atoms with Crippen LogP contribution in [0.2, 0.25) is 0 Å². The molecule has 0 saturated heterocycles. The van der Waals surface area contributed by atoms with E-state index in [-0.39, 0.29) is 23.6 Å². The first-order chi connectivity index (χ1) is 19.3. The Morgan fingerprint density at radius 3 is 1.59 bits per heavy atom. The fourth-order valence-corrected chi connectivity index (χ4v) is 7.58. The van der Waals surface area contributed by atoms with E-state index < -0.39 is 33.0 Å². The zero-order valence-corrected chi connectivity index (χ0v) is 25.9. The molecule has 1 aromatic carbocycles. The molecule has 7 nitrogen and oxygen atoms in total. The van der Waals surface area contributed by atoms with Crippen molar-refractivity contribution < 1.29 is 33.0 Å². The fraction of sp³-hybridized carbons (Fsp3) is 0.469. The molecule has 222 valence electrons. The van der Waals surface area contributed by atoms with Gasteiger partial charge in [-0.05, 0) is 81.1 Å². The standard InChI is InChI=1S/C32H40O7S2/c1-31(2,21-33)15-9-7-11-24-17-22(34)19-28(40(24)38)26-13-5-6-14-27(26)29-20-23(35)18-25(41(29)39)12-8-10-16-32(3,4)30(36)37/h5-6,13-14,17-20,33H,7-12,15-16,21H2,1-4H3,(H,36,37). The van der Waals surface area contributed by atoms with E-state index in [2.05, 4.69) is 0 Å². The van der Waals surface area contributed by atoms with Gasteiger partial charge in [0.1, 0.15) is 0 Å². The van der Waals surface area contributed by atoms with Crippen molar-refractivity contribution in [2.45, 2.75) is 79.1 Å². The predicted octanol–water partition coefficient (Wildman–Crippen LogP) is 6.05. The van der Waals surface area contributed by atoms with E-state index in [9.17, 15) is 33.0 Å². The Hall–Kier alpha value is -2.75. The van der Waals surface area contributed by atoms with Gasteiger partial charge in [0.05, 0.1) is 36.8 Å². The maximum absolute atomic E-state index is 13.6. The number of hydrogen-bond acceptors (Lipinski definition) is 6. The number of carbonyl (C=O) groups excluding carboxylic acids is 2. The van der Waals surface area contributed by atoms with E-state index in [4.69, 9.17) is 0 Å². The highest BCUT2D eigenvalue weighted by Crippen LogP contribution is 2.38. The Morgan fingerprint density at radius 2 is 1.17 bits per heavy atom. The molecule has 1 aromatic rings. The van der Waals surface area contributed by atoms with Crippen LogP contribution in [0.4, 0.5) is 0 Å². The molecule has 2 unspecified atom stereocenters. The zero-order chi connectivity index (χ0) is 30.4. The number of carboxylic acid groups (broad SMARTS) is 1. The topological polar surface area (TPSA) is 126 Å². The van der Waals surface area contributed by atoms with Crippen LogP contribution in [0.5, 0.6) is 0 Å². The van der Waals surface area contributed by atoms with Gasteiger partial charge in [0.2, 0.25) is 0 Å². The summed E-state index contributed by atoms with van der Waals surface area (Å²) in [4.78, 5) is 38.3. The molecule has 0 amide bonds. The average Bonchev–Trinajstić information content (AvgIpc) is 2.92. The molecule has 0 spiro atoms. The smallest absolute Gasteiger partial charge is 0.309 e. The van der Waals surface area contributed by atoms with Crippen molar-refractivity contribution in [1.29, 1.82) is 0 Å². The summed E-state index contributed by atoms with van der Waals surface area (Å²) < 4.78 is 27.3. The molecule has 41 heavy (non-hydrogen) atoms.